The number of nitrogens with one attached hydrogen (secondary N) is 2. The summed E-state index contributed by atoms with van der Waals surface area (Å²) in [5.74, 6) is -0.255. The number of anilines is 3. The summed E-state index contributed by atoms with van der Waals surface area (Å²) >= 11 is 0. The maximum absolute atomic E-state index is 12.6. The number of nitrogen functional groups attached to an aromatic ring is 1. The van der Waals surface area contributed by atoms with Crippen LogP contribution in [0.4, 0.5) is 17.1 Å². The fraction of sp³-hybridized carbons (Fsp3) is 0.364. The minimum Gasteiger partial charge on any atom is -0.399 e. The molecule has 0 radical (unpaired) electrons. The number of hydrogen-bond acceptors (Lipinski definition) is 4. The average Bonchev–Trinajstić information content (AvgIpc) is 2.92. The van der Waals surface area contributed by atoms with E-state index in [0.29, 0.717) is 29.2 Å². The minimum absolute atomic E-state index is 0. The number of hydrogen-bond donors (Lipinski definition) is 3. The van der Waals surface area contributed by atoms with Crippen LogP contribution in [0.3, 0.4) is 0 Å². The lowest BCUT2D eigenvalue weighted by Crippen LogP contribution is -2.33. The van der Waals surface area contributed by atoms with Gasteiger partial charge in [0.1, 0.15) is 0 Å². The molecule has 2 aromatic rings. The Kier molecular flexibility index (Phi) is 10.7. The molecule has 1 fully saturated rings. The number of carbonyl (C=O) groups is 2. The van der Waals surface area contributed by atoms with Crippen molar-refractivity contribution < 1.29 is 9.59 Å². The van der Waals surface area contributed by atoms with Crippen LogP contribution in [0.2, 0.25) is 0 Å². The summed E-state index contributed by atoms with van der Waals surface area (Å²) < 4.78 is 0. The maximum Gasteiger partial charge on any atom is 0.256 e. The zero-order valence-electron chi connectivity index (χ0n) is 17.1. The van der Waals surface area contributed by atoms with E-state index in [4.69, 9.17) is 5.73 Å². The molecule has 1 saturated heterocycles. The second-order valence-corrected chi connectivity index (χ2v) is 7.35. The Morgan fingerprint density at radius 3 is 2.23 bits per heavy atom. The summed E-state index contributed by atoms with van der Waals surface area (Å²) in [5, 5.41) is 5.80. The highest BCUT2D eigenvalue weighted by atomic mass is 35.5. The van der Waals surface area contributed by atoms with Crippen molar-refractivity contribution in [3.8, 4) is 0 Å². The number of nitrogens with zero attached hydrogens (tertiary/aromatic N) is 1. The van der Waals surface area contributed by atoms with Crippen LogP contribution in [0, 0.1) is 6.92 Å². The molecule has 3 rings (SSSR count). The highest BCUT2D eigenvalue weighted by Crippen LogP contribution is 2.19. The van der Waals surface area contributed by atoms with Crippen LogP contribution in [0.25, 0.3) is 0 Å². The number of likely N-dealkylation sites (tertiary alicyclic amines) is 1. The summed E-state index contributed by atoms with van der Waals surface area (Å²) in [5.41, 5.74) is 9.02. The molecule has 8 heteroatoms. The molecule has 0 bridgehead atoms. The predicted molar refractivity (Wildman–Crippen MR) is 128 cm³/mol. The first-order valence-electron chi connectivity index (χ1n) is 9.81. The molecular formula is C22H30Cl2N4O2. The van der Waals surface area contributed by atoms with Gasteiger partial charge in [-0.1, -0.05) is 25.0 Å². The molecule has 30 heavy (non-hydrogen) atoms. The van der Waals surface area contributed by atoms with Crippen LogP contribution < -0.4 is 16.4 Å². The van der Waals surface area contributed by atoms with Crippen LogP contribution in [-0.4, -0.2) is 36.3 Å². The Morgan fingerprint density at radius 2 is 1.57 bits per heavy atom. The summed E-state index contributed by atoms with van der Waals surface area (Å²) in [6.45, 7) is 4.22. The Bertz CT molecular complexity index is 853. The molecule has 164 valence electrons. The van der Waals surface area contributed by atoms with Gasteiger partial charge in [0.2, 0.25) is 5.91 Å². The lowest BCUT2D eigenvalue weighted by Gasteiger charge is -2.19. The lowest BCUT2D eigenvalue weighted by atomic mass is 10.1. The molecule has 0 unspecified atom stereocenters. The fourth-order valence-electron chi connectivity index (χ4n) is 3.46. The summed E-state index contributed by atoms with van der Waals surface area (Å²) in [6.07, 6.45) is 4.79. The van der Waals surface area contributed by atoms with Gasteiger partial charge in [0.15, 0.2) is 0 Å². The van der Waals surface area contributed by atoms with Crippen molar-refractivity contribution in [1.29, 1.82) is 0 Å². The van der Waals surface area contributed by atoms with Crippen LogP contribution in [0.5, 0.6) is 0 Å². The van der Waals surface area contributed by atoms with E-state index in [1.807, 2.05) is 25.1 Å². The highest BCUT2D eigenvalue weighted by molar-refractivity contribution is 6.06. The van der Waals surface area contributed by atoms with Crippen molar-refractivity contribution in [1.82, 2.24) is 4.90 Å². The molecule has 0 spiro atoms. The zero-order chi connectivity index (χ0) is 19.9. The van der Waals surface area contributed by atoms with Crippen molar-refractivity contribution in [2.45, 2.75) is 32.6 Å². The largest absolute Gasteiger partial charge is 0.399 e. The molecule has 0 aliphatic carbocycles. The number of rotatable bonds is 5. The van der Waals surface area contributed by atoms with Crippen LogP contribution in [0.1, 0.15) is 41.6 Å². The molecule has 6 nitrogen and oxygen atoms in total. The molecule has 1 heterocycles. The standard InChI is InChI=1S/C22H28N4O2.2ClH/c1-16-9-10-17(23)13-20(16)22(28)25-19-8-6-7-18(14-19)24-21(27)15-26-11-4-2-3-5-12-26;;/h6-10,13-14H,2-5,11-12,15,23H2,1H3,(H,24,27)(H,25,28);2*1H. The van der Waals surface area contributed by atoms with Crippen molar-refractivity contribution in [3.05, 3.63) is 53.6 Å². The smallest absolute Gasteiger partial charge is 0.256 e. The first-order chi connectivity index (χ1) is 13.5. The van der Waals surface area contributed by atoms with Gasteiger partial charge in [0.25, 0.3) is 5.91 Å². The van der Waals surface area contributed by atoms with E-state index in [0.717, 1.165) is 31.5 Å². The third kappa shape index (κ3) is 7.52. The van der Waals surface area contributed by atoms with Gasteiger partial charge in [-0.25, -0.2) is 0 Å². The zero-order valence-corrected chi connectivity index (χ0v) is 18.8. The van der Waals surface area contributed by atoms with Gasteiger partial charge in [-0.2, -0.15) is 0 Å². The van der Waals surface area contributed by atoms with Gasteiger partial charge in [-0.05, 0) is 68.8 Å². The Labute approximate surface area is 190 Å². The Balaban J connectivity index is 0.00000225. The molecule has 0 aromatic heterocycles. The molecule has 2 aromatic carbocycles. The number of nitrogens with two attached hydrogens (primary N) is 1. The highest BCUT2D eigenvalue weighted by Gasteiger charge is 2.14. The van der Waals surface area contributed by atoms with E-state index in [2.05, 4.69) is 15.5 Å². The number of aryl methyl sites for hydroxylation is 1. The summed E-state index contributed by atoms with van der Waals surface area (Å²) in [4.78, 5) is 27.1. The van der Waals surface area contributed by atoms with E-state index in [1.54, 1.807) is 24.3 Å². The third-order valence-corrected chi connectivity index (χ3v) is 4.98. The number of benzene rings is 2. The fourth-order valence-corrected chi connectivity index (χ4v) is 3.46. The average molecular weight is 453 g/mol. The van der Waals surface area contributed by atoms with Gasteiger partial charge in [-0.3, -0.25) is 14.5 Å². The SMILES string of the molecule is Cc1ccc(N)cc1C(=O)Nc1cccc(NC(=O)CN2CCCCCC2)c1.Cl.Cl. The number of amides is 2. The van der Waals surface area contributed by atoms with E-state index in [1.165, 1.54) is 12.8 Å². The molecule has 0 saturated carbocycles. The topological polar surface area (TPSA) is 87.5 Å². The van der Waals surface area contributed by atoms with Crippen LogP contribution in [-0.2, 0) is 4.79 Å². The Morgan fingerprint density at radius 1 is 0.933 bits per heavy atom. The molecule has 0 atom stereocenters. The van der Waals surface area contributed by atoms with Crippen LogP contribution in [0.15, 0.2) is 42.5 Å². The predicted octanol–water partition coefficient (Wildman–Crippen LogP) is 4.49. The van der Waals surface area contributed by atoms with Crippen molar-refractivity contribution in [2.24, 2.45) is 0 Å². The van der Waals surface area contributed by atoms with E-state index < -0.39 is 0 Å². The monoisotopic (exact) mass is 452 g/mol. The molecule has 2 amide bonds. The molecule has 1 aliphatic rings. The maximum atomic E-state index is 12.6. The van der Waals surface area contributed by atoms with E-state index >= 15 is 0 Å². The second kappa shape index (κ2) is 12.4. The van der Waals surface area contributed by atoms with Gasteiger partial charge in [0, 0.05) is 22.6 Å². The molecule has 4 N–H and O–H groups in total. The second-order valence-electron chi connectivity index (χ2n) is 7.35. The van der Waals surface area contributed by atoms with E-state index in [-0.39, 0.29) is 36.6 Å². The first-order valence-corrected chi connectivity index (χ1v) is 9.81. The first kappa shape index (κ1) is 25.8. The summed E-state index contributed by atoms with van der Waals surface area (Å²) in [7, 11) is 0. The quantitative estimate of drug-likeness (QED) is 0.583. The minimum atomic E-state index is -0.224. The molecular weight excluding hydrogens is 423 g/mol. The third-order valence-electron chi connectivity index (χ3n) is 4.98. The van der Waals surface area contributed by atoms with Gasteiger partial charge in [0.05, 0.1) is 6.54 Å². The van der Waals surface area contributed by atoms with Crippen molar-refractivity contribution in [3.63, 3.8) is 0 Å². The lowest BCUT2D eigenvalue weighted by molar-refractivity contribution is -0.117. The Hall–Kier alpha value is -2.28. The van der Waals surface area contributed by atoms with Crippen molar-refractivity contribution in [2.75, 3.05) is 36.0 Å². The number of carbonyl (C=O) groups excluding carboxylic acids is 2. The van der Waals surface area contributed by atoms with Crippen LogP contribution >= 0.6 is 24.8 Å². The summed E-state index contributed by atoms with van der Waals surface area (Å²) in [6, 6.07) is 12.4. The van der Waals surface area contributed by atoms with Gasteiger partial charge in [-0.15, -0.1) is 24.8 Å². The normalized spacial score (nSPS) is 13.9. The van der Waals surface area contributed by atoms with Gasteiger partial charge < -0.3 is 16.4 Å². The van der Waals surface area contributed by atoms with Crippen molar-refractivity contribution >= 4 is 53.7 Å². The van der Waals surface area contributed by atoms with Gasteiger partial charge >= 0.3 is 0 Å². The number of halogens is 2. The molecule has 1 aliphatic heterocycles. The van der Waals surface area contributed by atoms with E-state index in [9.17, 15) is 9.59 Å².